The largest absolute Gasteiger partial charge is 0.480 e. The van der Waals surface area contributed by atoms with E-state index in [4.69, 9.17) is 16.2 Å². The van der Waals surface area contributed by atoms with Crippen molar-refractivity contribution in [3.05, 3.63) is 71.5 Å². The van der Waals surface area contributed by atoms with E-state index in [1.54, 1.807) is 34.0 Å². The van der Waals surface area contributed by atoms with Gasteiger partial charge in [-0.3, -0.25) is 38.6 Å². The van der Waals surface area contributed by atoms with Crippen LogP contribution in [0.2, 0.25) is 0 Å². The average Bonchev–Trinajstić information content (AvgIpc) is 3.31. The number of amides is 7. The maximum Gasteiger partial charge on any atom is 0.327 e. The van der Waals surface area contributed by atoms with Gasteiger partial charge in [-0.2, -0.15) is 0 Å². The zero-order chi connectivity index (χ0) is 54.4. The number of carbonyl (C=O) groups is 9. The zero-order valence-corrected chi connectivity index (χ0v) is 43.0. The molecule has 1 heterocycles. The van der Waals surface area contributed by atoms with Crippen molar-refractivity contribution in [2.75, 3.05) is 20.7 Å². The number of methoxy groups -OCH3 is 1. The van der Waals surface area contributed by atoms with E-state index >= 15 is 0 Å². The Morgan fingerprint density at radius 1 is 0.833 bits per heavy atom. The van der Waals surface area contributed by atoms with Crippen LogP contribution in [-0.2, 0) is 54.3 Å². The summed E-state index contributed by atoms with van der Waals surface area (Å²) >= 11 is 0. The third-order valence-corrected chi connectivity index (χ3v) is 12.2. The Hall–Kier alpha value is -7.10. The summed E-state index contributed by atoms with van der Waals surface area (Å²) in [5.74, 6) is -12.4. The number of ether oxygens (including phenoxy) is 1. The van der Waals surface area contributed by atoms with E-state index in [0.717, 1.165) is 10.5 Å². The summed E-state index contributed by atoms with van der Waals surface area (Å²) in [4.78, 5) is 127. The zero-order valence-electron chi connectivity index (χ0n) is 43.0. The van der Waals surface area contributed by atoms with Crippen molar-refractivity contribution in [1.29, 1.82) is 0 Å². The number of aliphatic carboxylic acids is 2. The van der Waals surface area contributed by atoms with Gasteiger partial charge in [0.05, 0.1) is 24.0 Å². The molecule has 0 aromatic heterocycles. The lowest BCUT2D eigenvalue weighted by Crippen LogP contribution is -2.59. The van der Waals surface area contributed by atoms with E-state index in [-0.39, 0.29) is 55.4 Å². The first-order chi connectivity index (χ1) is 33.8. The highest BCUT2D eigenvalue weighted by Crippen LogP contribution is 2.19. The van der Waals surface area contributed by atoms with Crippen molar-refractivity contribution in [3.8, 4) is 0 Å². The highest BCUT2D eigenvalue weighted by Gasteiger charge is 2.37. The molecule has 1 aliphatic heterocycles. The number of allylic oxidation sites excluding steroid dienone is 3. The molecule has 1 aromatic rings. The molecule has 0 unspecified atom stereocenters. The molecule has 10 atom stereocenters. The third kappa shape index (κ3) is 20.0. The Balaban J connectivity index is 2.75. The summed E-state index contributed by atoms with van der Waals surface area (Å²) in [5, 5.41) is 35.7. The van der Waals surface area contributed by atoms with Crippen LogP contribution in [0, 0.1) is 23.7 Å². The van der Waals surface area contributed by atoms with Gasteiger partial charge in [-0.05, 0) is 64.4 Å². The number of benzene rings is 1. The summed E-state index contributed by atoms with van der Waals surface area (Å²) in [6, 6.07) is 1.06. The van der Waals surface area contributed by atoms with Crippen LogP contribution in [0.15, 0.2) is 70.9 Å². The maximum absolute atomic E-state index is 14.4. The van der Waals surface area contributed by atoms with Crippen LogP contribution in [0.3, 0.4) is 0 Å². The summed E-state index contributed by atoms with van der Waals surface area (Å²) in [5.41, 5.74) is 12.6. The standard InChI is InChI=1S/C50H76N10O12/c1-11-38-47(67)54-32(8)44(64)58-37(24-27(2)3)46(66)59-41(49(70)71)31(7)43(63)56-35(18-15-23-53-50(51)52)45(65)55-34(30(6)42(62)57-36(48(68)69)21-22-40(61)60(38)9)20-19-28(4)25-29(5)39(72-10)26-33-16-13-12-14-17-33/h11-14,16-17,19-20,25,27,29-32,34-37,39,41H,15,18,21-24,26H2,1-10H3,(H,54,67)(H,55,65)(H,56,63)(H,57,62)(H,58,64)(H,59,66)(H,68,69)(H,70,71)(H4,51,52,53)/b20-19+,28-25+,38-11-/t29-,30-,31-,32+,34-,35-,36+,37-,39-,41+/m0/s1. The Labute approximate surface area is 421 Å². The number of carbonyl (C=O) groups excluding carboxylic acids is 7. The van der Waals surface area contributed by atoms with Gasteiger partial charge in [0, 0.05) is 33.0 Å². The number of hydrogen-bond acceptors (Lipinski definition) is 11. The Bertz CT molecular complexity index is 2190. The number of hydrogen-bond donors (Lipinski definition) is 10. The molecule has 0 radical (unpaired) electrons. The number of guanidine groups is 1. The van der Waals surface area contributed by atoms with Gasteiger partial charge in [0.15, 0.2) is 5.96 Å². The lowest BCUT2D eigenvalue weighted by molar-refractivity contribution is -0.146. The average molecular weight is 1010 g/mol. The van der Waals surface area contributed by atoms with E-state index in [1.165, 1.54) is 46.9 Å². The number of aliphatic imine (C=N–C) groups is 1. The number of nitrogens with two attached hydrogens (primary N) is 2. The normalized spacial score (nSPS) is 25.7. The van der Waals surface area contributed by atoms with Gasteiger partial charge in [-0.25, -0.2) is 9.59 Å². The minimum absolute atomic E-state index is 0.0134. The smallest absolute Gasteiger partial charge is 0.327 e. The molecule has 1 aliphatic rings. The van der Waals surface area contributed by atoms with Crippen LogP contribution in [0.4, 0.5) is 0 Å². The first kappa shape index (κ1) is 61.0. The van der Waals surface area contributed by atoms with Gasteiger partial charge < -0.3 is 63.2 Å². The topological polar surface area (TPSA) is 343 Å². The molecule has 7 amide bonds. The van der Waals surface area contributed by atoms with Crippen LogP contribution in [-0.4, -0.2) is 137 Å². The van der Waals surface area contributed by atoms with Crippen molar-refractivity contribution in [2.24, 2.45) is 40.1 Å². The number of rotatable bonds is 15. The molecule has 0 bridgehead atoms. The summed E-state index contributed by atoms with van der Waals surface area (Å²) in [6.07, 6.45) is 6.02. The molecule has 1 aromatic carbocycles. The Morgan fingerprint density at radius 2 is 1.44 bits per heavy atom. The second-order valence-corrected chi connectivity index (χ2v) is 18.5. The minimum atomic E-state index is -1.88. The lowest BCUT2D eigenvalue weighted by Gasteiger charge is -2.28. The van der Waals surface area contributed by atoms with Crippen LogP contribution < -0.4 is 43.4 Å². The van der Waals surface area contributed by atoms with E-state index in [9.17, 15) is 53.4 Å². The van der Waals surface area contributed by atoms with Crippen molar-refractivity contribution >= 4 is 59.2 Å². The highest BCUT2D eigenvalue weighted by molar-refractivity contribution is 6.00. The molecule has 398 valence electrons. The maximum atomic E-state index is 14.4. The van der Waals surface area contributed by atoms with Crippen molar-refractivity contribution in [3.63, 3.8) is 0 Å². The fourth-order valence-electron chi connectivity index (χ4n) is 7.76. The number of carboxylic acids is 2. The molecule has 22 nitrogen and oxygen atoms in total. The minimum Gasteiger partial charge on any atom is -0.480 e. The van der Waals surface area contributed by atoms with Gasteiger partial charge >= 0.3 is 11.9 Å². The third-order valence-electron chi connectivity index (χ3n) is 12.2. The number of nitrogens with one attached hydrogen (secondary N) is 6. The van der Waals surface area contributed by atoms with Gasteiger partial charge in [0.25, 0.3) is 5.91 Å². The highest BCUT2D eigenvalue weighted by atomic mass is 16.5. The second kappa shape index (κ2) is 29.9. The molecule has 0 spiro atoms. The monoisotopic (exact) mass is 1010 g/mol. The molecule has 0 saturated carbocycles. The van der Waals surface area contributed by atoms with E-state index < -0.39 is 114 Å². The SMILES string of the molecule is C/C=C1/C(=O)N[C@H](C)C(=O)N[C@@H](CC(C)C)C(=O)N[C@@H](C(=O)O)[C@H](C)C(=O)N[C@@H](CCCN=C(N)N)C(=O)N[C@@H](/C=C/C(C)=C/[C@H](C)[C@H](Cc2ccccc2)OC)[C@H](C)C(=O)N[C@@H](C(=O)O)CCC(=O)N1C. The van der Waals surface area contributed by atoms with Crippen LogP contribution in [0.5, 0.6) is 0 Å². The van der Waals surface area contributed by atoms with Gasteiger partial charge in [0.1, 0.15) is 35.9 Å². The Kier molecular flexibility index (Phi) is 25.4. The summed E-state index contributed by atoms with van der Waals surface area (Å²) in [7, 11) is 2.89. The molecule has 1 saturated heterocycles. The molecule has 12 N–H and O–H groups in total. The first-order valence-corrected chi connectivity index (χ1v) is 24.0. The molecule has 0 aliphatic carbocycles. The van der Waals surface area contributed by atoms with Crippen LogP contribution in [0.25, 0.3) is 0 Å². The number of likely N-dealkylation sites (N-methyl/N-ethyl adjacent to an activating group) is 1. The van der Waals surface area contributed by atoms with Crippen molar-refractivity contribution < 1.29 is 58.1 Å². The molecule has 2 rings (SSSR count). The lowest BCUT2D eigenvalue weighted by atomic mass is 9.94. The quantitative estimate of drug-likeness (QED) is 0.0386. The van der Waals surface area contributed by atoms with Gasteiger partial charge in [-0.1, -0.05) is 94.8 Å². The fraction of sp³-hybridized carbons (Fsp3) is 0.560. The van der Waals surface area contributed by atoms with Gasteiger partial charge in [0.2, 0.25) is 35.4 Å². The van der Waals surface area contributed by atoms with Crippen molar-refractivity contribution in [1.82, 2.24) is 36.8 Å². The van der Waals surface area contributed by atoms with Crippen molar-refractivity contribution in [2.45, 2.75) is 136 Å². The van der Waals surface area contributed by atoms with Crippen LogP contribution >= 0.6 is 0 Å². The molecular formula is C50H76N10O12. The summed E-state index contributed by atoms with van der Waals surface area (Å²) in [6.45, 7) is 12.8. The second-order valence-electron chi connectivity index (χ2n) is 18.5. The van der Waals surface area contributed by atoms with E-state index in [1.807, 2.05) is 43.3 Å². The van der Waals surface area contributed by atoms with Crippen LogP contribution in [0.1, 0.15) is 93.1 Å². The molecular weight excluding hydrogens is 933 g/mol. The van der Waals surface area contributed by atoms with E-state index in [2.05, 4.69) is 36.9 Å². The predicted molar refractivity (Wildman–Crippen MR) is 269 cm³/mol. The molecule has 22 heteroatoms. The molecule has 1 fully saturated rings. The summed E-state index contributed by atoms with van der Waals surface area (Å²) < 4.78 is 5.82. The molecule has 72 heavy (non-hydrogen) atoms. The number of carboxylic acid groups (broad SMARTS) is 2. The fourth-order valence-corrected chi connectivity index (χ4v) is 7.76. The number of nitrogens with zero attached hydrogens (tertiary/aromatic N) is 2. The Morgan fingerprint density at radius 3 is 2.01 bits per heavy atom. The van der Waals surface area contributed by atoms with Gasteiger partial charge in [-0.15, -0.1) is 0 Å². The first-order valence-electron chi connectivity index (χ1n) is 24.0. The predicted octanol–water partition coefficient (Wildman–Crippen LogP) is 1.01. The van der Waals surface area contributed by atoms with E-state index in [0.29, 0.717) is 12.0 Å².